The molecule has 1 aliphatic rings. The maximum atomic E-state index is 12.3. The first-order valence-electron chi connectivity index (χ1n) is 6.28. The zero-order valence-corrected chi connectivity index (χ0v) is 11.0. The second-order valence-electron chi connectivity index (χ2n) is 4.63. The second kappa shape index (κ2) is 5.44. The van der Waals surface area contributed by atoms with Crippen LogP contribution in [-0.2, 0) is 4.74 Å². The Morgan fingerprint density at radius 1 is 1.42 bits per heavy atom. The van der Waals surface area contributed by atoms with Crippen molar-refractivity contribution in [3.8, 4) is 0 Å². The zero-order valence-electron chi connectivity index (χ0n) is 11.0. The van der Waals surface area contributed by atoms with Gasteiger partial charge in [-0.05, 0) is 25.5 Å². The van der Waals surface area contributed by atoms with E-state index in [0.717, 1.165) is 6.42 Å². The molecule has 0 aromatic carbocycles. The minimum Gasteiger partial charge on any atom is -0.475 e. The third-order valence-corrected chi connectivity index (χ3v) is 3.23. The summed E-state index contributed by atoms with van der Waals surface area (Å²) in [7, 11) is 0. The standard InChI is InChI=1S/C13H17NO5/c1-3-9-7-18-8(2)6-14(9)12(15)10-4-5-11(19-10)13(16)17/h4-5,8-9H,3,6-7H2,1-2H3,(H,16,17). The van der Waals surface area contributed by atoms with Crippen LogP contribution in [0.25, 0.3) is 0 Å². The number of nitrogens with zero attached hydrogens (tertiary/aromatic N) is 1. The van der Waals surface area contributed by atoms with E-state index in [1.807, 2.05) is 13.8 Å². The number of rotatable bonds is 3. The molecule has 2 unspecified atom stereocenters. The van der Waals surface area contributed by atoms with Crippen LogP contribution in [0.5, 0.6) is 0 Å². The van der Waals surface area contributed by atoms with Gasteiger partial charge in [0, 0.05) is 6.54 Å². The highest BCUT2D eigenvalue weighted by molar-refractivity contribution is 5.93. The average molecular weight is 267 g/mol. The number of carbonyl (C=O) groups is 2. The number of morpholine rings is 1. The van der Waals surface area contributed by atoms with Crippen LogP contribution in [0.2, 0.25) is 0 Å². The van der Waals surface area contributed by atoms with Gasteiger partial charge in [0.1, 0.15) is 0 Å². The molecule has 0 bridgehead atoms. The molecule has 0 aliphatic carbocycles. The van der Waals surface area contributed by atoms with Crippen LogP contribution in [0.1, 0.15) is 41.4 Å². The van der Waals surface area contributed by atoms with Gasteiger partial charge in [-0.2, -0.15) is 0 Å². The van der Waals surface area contributed by atoms with Crippen LogP contribution in [0, 0.1) is 0 Å². The second-order valence-corrected chi connectivity index (χ2v) is 4.63. The van der Waals surface area contributed by atoms with Gasteiger partial charge in [0.15, 0.2) is 5.76 Å². The summed E-state index contributed by atoms with van der Waals surface area (Å²) >= 11 is 0. The molecule has 2 heterocycles. The normalized spacial score (nSPS) is 23.4. The van der Waals surface area contributed by atoms with Crippen molar-refractivity contribution in [2.75, 3.05) is 13.2 Å². The molecule has 104 valence electrons. The van der Waals surface area contributed by atoms with E-state index in [2.05, 4.69) is 0 Å². The predicted octanol–water partition coefficient (Wildman–Crippen LogP) is 1.62. The Kier molecular flexibility index (Phi) is 3.90. The maximum Gasteiger partial charge on any atom is 0.371 e. The number of furan rings is 1. The lowest BCUT2D eigenvalue weighted by Crippen LogP contribution is -2.51. The van der Waals surface area contributed by atoms with E-state index >= 15 is 0 Å². The highest BCUT2D eigenvalue weighted by atomic mass is 16.5. The molecular weight excluding hydrogens is 250 g/mol. The Bertz CT molecular complexity index is 481. The highest BCUT2D eigenvalue weighted by Crippen LogP contribution is 2.19. The first kappa shape index (κ1) is 13.6. The van der Waals surface area contributed by atoms with Crippen LogP contribution in [0.3, 0.4) is 0 Å². The molecule has 6 heteroatoms. The van der Waals surface area contributed by atoms with E-state index in [9.17, 15) is 9.59 Å². The Labute approximate surface area is 110 Å². The molecule has 1 saturated heterocycles. The summed E-state index contributed by atoms with van der Waals surface area (Å²) in [6, 6.07) is 2.70. The van der Waals surface area contributed by atoms with Crippen LogP contribution in [0.15, 0.2) is 16.5 Å². The summed E-state index contributed by atoms with van der Waals surface area (Å²) in [5, 5.41) is 8.79. The van der Waals surface area contributed by atoms with E-state index in [-0.39, 0.29) is 29.6 Å². The maximum absolute atomic E-state index is 12.3. The lowest BCUT2D eigenvalue weighted by molar-refractivity contribution is -0.0453. The van der Waals surface area contributed by atoms with Crippen molar-refractivity contribution in [1.82, 2.24) is 4.90 Å². The van der Waals surface area contributed by atoms with E-state index in [1.54, 1.807) is 4.90 Å². The molecule has 1 aromatic heterocycles. The van der Waals surface area contributed by atoms with E-state index in [0.29, 0.717) is 13.2 Å². The zero-order chi connectivity index (χ0) is 14.0. The minimum absolute atomic E-state index is 0.00192. The van der Waals surface area contributed by atoms with Gasteiger partial charge in [-0.25, -0.2) is 4.79 Å². The fourth-order valence-electron chi connectivity index (χ4n) is 2.14. The molecule has 1 amide bonds. The number of carboxylic acids is 1. The van der Waals surface area contributed by atoms with Gasteiger partial charge in [0.2, 0.25) is 5.76 Å². The third kappa shape index (κ3) is 2.78. The number of carboxylic acid groups (broad SMARTS) is 1. The van der Waals surface area contributed by atoms with Gasteiger partial charge < -0.3 is 19.2 Å². The Hall–Kier alpha value is -1.82. The van der Waals surface area contributed by atoms with Gasteiger partial charge in [-0.3, -0.25) is 4.79 Å². The van der Waals surface area contributed by atoms with Gasteiger partial charge in [-0.15, -0.1) is 0 Å². The van der Waals surface area contributed by atoms with E-state index in [4.69, 9.17) is 14.3 Å². The van der Waals surface area contributed by atoms with E-state index in [1.165, 1.54) is 12.1 Å². The summed E-state index contributed by atoms with van der Waals surface area (Å²) in [4.78, 5) is 24.8. The van der Waals surface area contributed by atoms with Crippen molar-refractivity contribution in [2.45, 2.75) is 32.4 Å². The number of carbonyl (C=O) groups excluding carboxylic acids is 1. The number of ether oxygens (including phenoxy) is 1. The topological polar surface area (TPSA) is 80.0 Å². The molecule has 2 atom stereocenters. The molecule has 0 radical (unpaired) electrons. The van der Waals surface area contributed by atoms with Crippen molar-refractivity contribution in [2.24, 2.45) is 0 Å². The molecule has 0 saturated carbocycles. The molecule has 1 aromatic rings. The molecule has 19 heavy (non-hydrogen) atoms. The largest absolute Gasteiger partial charge is 0.475 e. The summed E-state index contributed by atoms with van der Waals surface area (Å²) < 4.78 is 10.6. The van der Waals surface area contributed by atoms with Crippen LogP contribution < -0.4 is 0 Å². The molecular formula is C13H17NO5. The van der Waals surface area contributed by atoms with Crippen molar-refractivity contribution >= 4 is 11.9 Å². The molecule has 6 nitrogen and oxygen atoms in total. The molecule has 1 aliphatic heterocycles. The minimum atomic E-state index is -1.18. The lowest BCUT2D eigenvalue weighted by Gasteiger charge is -2.37. The number of hydrogen-bond donors (Lipinski definition) is 1. The van der Waals surface area contributed by atoms with Gasteiger partial charge in [0.25, 0.3) is 5.91 Å². The predicted molar refractivity (Wildman–Crippen MR) is 66.2 cm³/mol. The van der Waals surface area contributed by atoms with Crippen molar-refractivity contribution in [1.29, 1.82) is 0 Å². The Morgan fingerprint density at radius 3 is 2.68 bits per heavy atom. The van der Waals surface area contributed by atoms with Crippen LogP contribution >= 0.6 is 0 Å². The first-order valence-corrected chi connectivity index (χ1v) is 6.28. The Balaban J connectivity index is 2.18. The highest BCUT2D eigenvalue weighted by Gasteiger charge is 2.31. The van der Waals surface area contributed by atoms with Gasteiger partial charge >= 0.3 is 5.97 Å². The quantitative estimate of drug-likeness (QED) is 0.900. The fourth-order valence-corrected chi connectivity index (χ4v) is 2.14. The number of aromatic carboxylic acids is 1. The number of amides is 1. The number of hydrogen-bond acceptors (Lipinski definition) is 4. The monoisotopic (exact) mass is 267 g/mol. The van der Waals surface area contributed by atoms with Crippen molar-refractivity contribution < 1.29 is 23.8 Å². The van der Waals surface area contributed by atoms with E-state index < -0.39 is 5.97 Å². The fraction of sp³-hybridized carbons (Fsp3) is 0.538. The first-order chi connectivity index (χ1) is 9.02. The summed E-state index contributed by atoms with van der Waals surface area (Å²) in [5.74, 6) is -1.63. The smallest absolute Gasteiger partial charge is 0.371 e. The summed E-state index contributed by atoms with van der Waals surface area (Å²) in [6.07, 6.45) is 0.756. The van der Waals surface area contributed by atoms with Crippen molar-refractivity contribution in [3.63, 3.8) is 0 Å². The van der Waals surface area contributed by atoms with Crippen LogP contribution in [-0.4, -0.2) is 47.2 Å². The molecule has 1 N–H and O–H groups in total. The van der Waals surface area contributed by atoms with Crippen molar-refractivity contribution in [3.05, 3.63) is 23.7 Å². The summed E-state index contributed by atoms with van der Waals surface area (Å²) in [5.41, 5.74) is 0. The molecule has 1 fully saturated rings. The SMILES string of the molecule is CCC1COC(C)CN1C(=O)c1ccc(C(=O)O)o1. The molecule has 2 rings (SSSR count). The summed E-state index contributed by atoms with van der Waals surface area (Å²) in [6.45, 7) is 4.86. The van der Waals surface area contributed by atoms with Gasteiger partial charge in [-0.1, -0.05) is 6.92 Å². The average Bonchev–Trinajstić information content (AvgIpc) is 2.87. The lowest BCUT2D eigenvalue weighted by atomic mass is 10.1. The Morgan fingerprint density at radius 2 is 2.11 bits per heavy atom. The third-order valence-electron chi connectivity index (χ3n) is 3.23. The molecule has 0 spiro atoms. The van der Waals surface area contributed by atoms with Gasteiger partial charge in [0.05, 0.1) is 18.8 Å². The van der Waals surface area contributed by atoms with Crippen LogP contribution in [0.4, 0.5) is 0 Å².